The maximum atomic E-state index is 11.8. The van der Waals surface area contributed by atoms with Crippen molar-refractivity contribution < 1.29 is 19.5 Å². The molecule has 0 aromatic rings. The summed E-state index contributed by atoms with van der Waals surface area (Å²) in [7, 11) is 0. The van der Waals surface area contributed by atoms with Crippen LogP contribution in [0, 0.1) is 0 Å². The van der Waals surface area contributed by atoms with Gasteiger partial charge in [-0.25, -0.2) is 0 Å². The summed E-state index contributed by atoms with van der Waals surface area (Å²) in [5.41, 5.74) is 16.8. The van der Waals surface area contributed by atoms with Crippen molar-refractivity contribution in [1.29, 1.82) is 0 Å². The van der Waals surface area contributed by atoms with Crippen molar-refractivity contribution in [3.05, 3.63) is 12.3 Å². The molecule has 164 valence electrons. The Morgan fingerprint density at radius 1 is 1.14 bits per heavy atom. The summed E-state index contributed by atoms with van der Waals surface area (Å²) in [4.78, 5) is 37.5. The highest BCUT2D eigenvalue weighted by atomic mass is 16.4. The van der Waals surface area contributed by atoms with E-state index in [1.807, 2.05) is 27.7 Å². The molecule has 0 aliphatic rings. The SMILES string of the molecule is C=C(NCC(=O)NC(CC(=O)O)C(C)=O)C(N)CCCN=C(N)N.CC.CC. The van der Waals surface area contributed by atoms with Gasteiger partial charge in [0, 0.05) is 18.3 Å². The number of rotatable bonds is 12. The van der Waals surface area contributed by atoms with Crippen LogP contribution in [0.1, 0.15) is 53.9 Å². The Balaban J connectivity index is -0.00000146. The van der Waals surface area contributed by atoms with Gasteiger partial charge in [-0.3, -0.25) is 19.4 Å². The molecule has 0 aliphatic heterocycles. The minimum Gasteiger partial charge on any atom is -0.481 e. The molecule has 10 nitrogen and oxygen atoms in total. The van der Waals surface area contributed by atoms with Crippen LogP contribution in [0.4, 0.5) is 0 Å². The van der Waals surface area contributed by atoms with Crippen LogP contribution in [0.15, 0.2) is 17.3 Å². The quantitative estimate of drug-likeness (QED) is 0.150. The van der Waals surface area contributed by atoms with Gasteiger partial charge in [0.25, 0.3) is 0 Å². The lowest BCUT2D eigenvalue weighted by Crippen LogP contribution is -2.45. The minimum atomic E-state index is -1.17. The third kappa shape index (κ3) is 18.2. The summed E-state index contributed by atoms with van der Waals surface area (Å²) in [6.45, 7) is 13.2. The number of carbonyl (C=O) groups is 3. The van der Waals surface area contributed by atoms with E-state index in [0.717, 1.165) is 0 Å². The third-order valence-corrected chi connectivity index (χ3v) is 3.10. The fourth-order valence-electron chi connectivity index (χ4n) is 1.73. The van der Waals surface area contributed by atoms with Gasteiger partial charge in [-0.05, 0) is 19.8 Å². The molecule has 0 saturated heterocycles. The van der Waals surface area contributed by atoms with E-state index < -0.39 is 36.2 Å². The van der Waals surface area contributed by atoms with Gasteiger partial charge in [-0.1, -0.05) is 34.3 Å². The molecule has 1 amide bonds. The first-order chi connectivity index (χ1) is 13.1. The number of hydrogen-bond acceptors (Lipinski definition) is 6. The topological polar surface area (TPSA) is 186 Å². The zero-order valence-corrected chi connectivity index (χ0v) is 17.7. The molecule has 0 radical (unpaired) electrons. The zero-order chi connectivity index (χ0) is 22.7. The summed E-state index contributed by atoms with van der Waals surface area (Å²) in [6, 6.07) is -1.45. The van der Waals surface area contributed by atoms with Crippen molar-refractivity contribution in [3.8, 4) is 0 Å². The fraction of sp³-hybridized carbons (Fsp3) is 0.667. The molecule has 9 N–H and O–H groups in total. The molecule has 0 bridgehead atoms. The number of nitrogens with zero attached hydrogens (tertiary/aromatic N) is 1. The number of ketones is 1. The number of hydrogen-bond donors (Lipinski definition) is 6. The van der Waals surface area contributed by atoms with E-state index in [1.54, 1.807) is 0 Å². The molecule has 0 aromatic carbocycles. The molecule has 0 spiro atoms. The summed E-state index contributed by atoms with van der Waals surface area (Å²) >= 11 is 0. The molecule has 0 aromatic heterocycles. The van der Waals surface area contributed by atoms with Gasteiger partial charge in [0.2, 0.25) is 5.91 Å². The van der Waals surface area contributed by atoms with Gasteiger partial charge >= 0.3 is 5.97 Å². The molecule has 28 heavy (non-hydrogen) atoms. The lowest BCUT2D eigenvalue weighted by atomic mass is 10.1. The van der Waals surface area contributed by atoms with Crippen molar-refractivity contribution in [3.63, 3.8) is 0 Å². The zero-order valence-electron chi connectivity index (χ0n) is 17.7. The number of carboxylic acid groups (broad SMARTS) is 1. The van der Waals surface area contributed by atoms with Gasteiger partial charge in [0.1, 0.15) is 0 Å². The Hall–Kier alpha value is -2.62. The van der Waals surface area contributed by atoms with Crippen molar-refractivity contribution >= 4 is 23.6 Å². The standard InChI is InChI=1S/C14H26N6O4.2C2H6/c1-8(10(15)4-3-5-18-14(16)17)19-7-12(22)20-11(9(2)21)6-13(23)24;2*1-2/h10-11,19H,1,3-7,15H2,2H3,(H,20,22)(H,23,24)(H4,16,17,18);2*1-2H3. The first kappa shape index (κ1) is 30.1. The van der Waals surface area contributed by atoms with Crippen LogP contribution < -0.4 is 27.8 Å². The number of carbonyl (C=O) groups excluding carboxylic acids is 2. The Morgan fingerprint density at radius 3 is 2.11 bits per heavy atom. The van der Waals surface area contributed by atoms with Gasteiger partial charge < -0.3 is 32.9 Å². The van der Waals surface area contributed by atoms with Crippen molar-refractivity contribution in [2.24, 2.45) is 22.2 Å². The second-order valence-electron chi connectivity index (χ2n) is 5.26. The Labute approximate surface area is 168 Å². The van der Waals surface area contributed by atoms with Crippen LogP contribution in [0.5, 0.6) is 0 Å². The number of nitrogens with one attached hydrogen (secondary N) is 2. The predicted molar refractivity (Wildman–Crippen MR) is 113 cm³/mol. The first-order valence-electron chi connectivity index (χ1n) is 9.38. The minimum absolute atomic E-state index is 0.0126. The average molecular weight is 403 g/mol. The summed E-state index contributed by atoms with van der Waals surface area (Å²) < 4.78 is 0. The average Bonchev–Trinajstić information content (AvgIpc) is 2.65. The van der Waals surface area contributed by atoms with Crippen LogP contribution in [-0.2, 0) is 14.4 Å². The maximum Gasteiger partial charge on any atom is 0.305 e. The molecule has 0 fully saturated rings. The molecule has 0 saturated carbocycles. The Morgan fingerprint density at radius 2 is 1.68 bits per heavy atom. The Kier molecular flexibility index (Phi) is 20.6. The molecule has 2 atom stereocenters. The van der Waals surface area contributed by atoms with Crippen LogP contribution in [-0.4, -0.2) is 53.9 Å². The van der Waals surface area contributed by atoms with E-state index in [1.165, 1.54) is 6.92 Å². The smallest absolute Gasteiger partial charge is 0.305 e. The number of guanidine groups is 1. The molecule has 2 unspecified atom stereocenters. The lowest BCUT2D eigenvalue weighted by Gasteiger charge is -2.18. The fourth-order valence-corrected chi connectivity index (χ4v) is 1.73. The highest BCUT2D eigenvalue weighted by Gasteiger charge is 2.20. The number of carboxylic acids is 1. The summed E-state index contributed by atoms with van der Waals surface area (Å²) in [6.07, 6.45) is 0.753. The first-order valence-corrected chi connectivity index (χ1v) is 9.38. The summed E-state index contributed by atoms with van der Waals surface area (Å²) in [5, 5.41) is 13.8. The van der Waals surface area contributed by atoms with E-state index >= 15 is 0 Å². The monoisotopic (exact) mass is 402 g/mol. The number of Topliss-reactive ketones (excluding diaryl/α,β-unsaturated/α-hetero) is 1. The van der Waals surface area contributed by atoms with E-state index in [2.05, 4.69) is 22.2 Å². The van der Waals surface area contributed by atoms with E-state index in [0.29, 0.717) is 25.1 Å². The van der Waals surface area contributed by atoms with Gasteiger partial charge in [0.05, 0.1) is 19.0 Å². The molecule has 10 heteroatoms. The van der Waals surface area contributed by atoms with Gasteiger partial charge in [-0.2, -0.15) is 0 Å². The van der Waals surface area contributed by atoms with Gasteiger partial charge in [0.15, 0.2) is 11.7 Å². The van der Waals surface area contributed by atoms with Crippen LogP contribution in [0.2, 0.25) is 0 Å². The molecule has 0 aliphatic carbocycles. The number of amides is 1. The van der Waals surface area contributed by atoms with Crippen molar-refractivity contribution in [1.82, 2.24) is 10.6 Å². The van der Waals surface area contributed by atoms with Crippen molar-refractivity contribution in [2.45, 2.75) is 66.0 Å². The largest absolute Gasteiger partial charge is 0.481 e. The third-order valence-electron chi connectivity index (χ3n) is 3.10. The number of nitrogens with two attached hydrogens (primary N) is 3. The van der Waals surface area contributed by atoms with E-state index in [9.17, 15) is 14.4 Å². The predicted octanol–water partition coefficient (Wildman–Crippen LogP) is 0.0715. The Bertz CT molecular complexity index is 504. The van der Waals surface area contributed by atoms with E-state index in [4.69, 9.17) is 22.3 Å². The van der Waals surface area contributed by atoms with Crippen LogP contribution in [0.3, 0.4) is 0 Å². The molecular weight excluding hydrogens is 364 g/mol. The second kappa shape index (κ2) is 19.2. The van der Waals surface area contributed by atoms with Crippen LogP contribution >= 0.6 is 0 Å². The summed E-state index contributed by atoms with van der Waals surface area (Å²) in [5.74, 6) is -2.11. The highest BCUT2D eigenvalue weighted by molar-refractivity contribution is 5.91. The normalized spacial score (nSPS) is 11.2. The maximum absolute atomic E-state index is 11.8. The number of aliphatic carboxylic acids is 1. The molecular formula is C18H38N6O4. The lowest BCUT2D eigenvalue weighted by molar-refractivity contribution is -0.139. The highest BCUT2D eigenvalue weighted by Crippen LogP contribution is 2.02. The number of aliphatic imine (C=N–C) groups is 1. The van der Waals surface area contributed by atoms with Crippen molar-refractivity contribution in [2.75, 3.05) is 13.1 Å². The van der Waals surface area contributed by atoms with E-state index in [-0.39, 0.29) is 12.5 Å². The molecule has 0 rings (SSSR count). The van der Waals surface area contributed by atoms with Crippen LogP contribution in [0.25, 0.3) is 0 Å². The molecule has 0 heterocycles. The van der Waals surface area contributed by atoms with Gasteiger partial charge in [-0.15, -0.1) is 0 Å². The second-order valence-corrected chi connectivity index (χ2v) is 5.26.